The van der Waals surface area contributed by atoms with Gasteiger partial charge in [-0.05, 0) is 26.0 Å². The van der Waals surface area contributed by atoms with Crippen LogP contribution in [0.15, 0.2) is 58.8 Å². The lowest BCUT2D eigenvalue weighted by Crippen LogP contribution is -2.20. The summed E-state index contributed by atoms with van der Waals surface area (Å²) < 4.78 is 25.1. The van der Waals surface area contributed by atoms with E-state index in [2.05, 4.69) is 10.3 Å². The highest BCUT2D eigenvalue weighted by Gasteiger charge is 2.25. The van der Waals surface area contributed by atoms with Crippen LogP contribution in [0.4, 0.5) is 10.8 Å². The summed E-state index contributed by atoms with van der Waals surface area (Å²) in [6.07, 6.45) is 0. The molecule has 10 heteroatoms. The van der Waals surface area contributed by atoms with Gasteiger partial charge in [-0.1, -0.05) is 24.3 Å². The maximum atomic E-state index is 12.7. The summed E-state index contributed by atoms with van der Waals surface area (Å²) in [6.45, 7) is 3.10. The van der Waals surface area contributed by atoms with Crippen molar-refractivity contribution in [2.75, 3.05) is 5.32 Å². The van der Waals surface area contributed by atoms with Gasteiger partial charge in [0.05, 0.1) is 26.3 Å². The second-order valence-corrected chi connectivity index (χ2v) is 9.72. The molecule has 0 bridgehead atoms. The van der Waals surface area contributed by atoms with Gasteiger partial charge in [-0.15, -0.1) is 11.3 Å². The third-order valence-corrected chi connectivity index (χ3v) is 7.10. The molecule has 1 heterocycles. The number of nitro benzene ring substituents is 1. The van der Waals surface area contributed by atoms with Crippen molar-refractivity contribution >= 4 is 37.9 Å². The summed E-state index contributed by atoms with van der Waals surface area (Å²) >= 11 is 1.14. The quantitative estimate of drug-likeness (QED) is 0.462. The van der Waals surface area contributed by atoms with Gasteiger partial charge in [0.15, 0.2) is 15.0 Å². The number of nitrogens with zero attached hydrogens (tertiary/aromatic N) is 2. The topological polar surface area (TPSA) is 119 Å². The van der Waals surface area contributed by atoms with E-state index in [-0.39, 0.29) is 21.3 Å². The van der Waals surface area contributed by atoms with E-state index in [1.807, 2.05) is 0 Å². The van der Waals surface area contributed by atoms with E-state index >= 15 is 0 Å². The van der Waals surface area contributed by atoms with E-state index in [9.17, 15) is 23.3 Å². The van der Waals surface area contributed by atoms with Crippen LogP contribution in [-0.4, -0.2) is 29.5 Å². The highest BCUT2D eigenvalue weighted by Crippen LogP contribution is 2.28. The predicted octanol–water partition coefficient (Wildman–Crippen LogP) is 4.15. The number of carbonyl (C=O) groups excluding carboxylic acids is 1. The van der Waals surface area contributed by atoms with Crippen molar-refractivity contribution in [1.29, 1.82) is 0 Å². The van der Waals surface area contributed by atoms with E-state index in [0.29, 0.717) is 11.3 Å². The van der Waals surface area contributed by atoms with E-state index in [0.717, 1.165) is 11.3 Å². The summed E-state index contributed by atoms with van der Waals surface area (Å²) in [6, 6.07) is 12.0. The Balaban J connectivity index is 1.87. The lowest BCUT2D eigenvalue weighted by atomic mass is 10.1. The van der Waals surface area contributed by atoms with Crippen LogP contribution < -0.4 is 5.32 Å². The SMILES string of the molecule is CC(C)S(=O)(=O)c1ccccc1C(=O)Nc1nc(-c2cccc([N+](=O)[O-])c2)cs1. The lowest BCUT2D eigenvalue weighted by Gasteiger charge is -2.12. The summed E-state index contributed by atoms with van der Waals surface area (Å²) in [7, 11) is -3.64. The van der Waals surface area contributed by atoms with Crippen molar-refractivity contribution in [3.05, 3.63) is 69.6 Å². The Morgan fingerprint density at radius 1 is 1.17 bits per heavy atom. The Morgan fingerprint density at radius 2 is 1.90 bits per heavy atom. The van der Waals surface area contributed by atoms with E-state index in [1.165, 1.54) is 24.3 Å². The fraction of sp³-hybridized carbons (Fsp3) is 0.158. The number of nitrogens with one attached hydrogen (secondary N) is 1. The first-order valence-electron chi connectivity index (χ1n) is 8.55. The van der Waals surface area contributed by atoms with Crippen LogP contribution in [-0.2, 0) is 9.84 Å². The first-order valence-corrected chi connectivity index (χ1v) is 11.0. The van der Waals surface area contributed by atoms with Gasteiger partial charge in [-0.25, -0.2) is 13.4 Å². The highest BCUT2D eigenvalue weighted by molar-refractivity contribution is 7.92. The lowest BCUT2D eigenvalue weighted by molar-refractivity contribution is -0.384. The number of thiazole rings is 1. The predicted molar refractivity (Wildman–Crippen MR) is 111 cm³/mol. The van der Waals surface area contributed by atoms with Crippen LogP contribution in [0.2, 0.25) is 0 Å². The van der Waals surface area contributed by atoms with Crippen LogP contribution in [0.5, 0.6) is 0 Å². The molecule has 8 nitrogen and oxygen atoms in total. The van der Waals surface area contributed by atoms with Gasteiger partial charge in [-0.2, -0.15) is 0 Å². The molecule has 150 valence electrons. The number of nitro groups is 1. The molecule has 2 aromatic carbocycles. The number of carbonyl (C=O) groups is 1. The second kappa shape index (κ2) is 8.10. The van der Waals surface area contributed by atoms with Gasteiger partial charge in [0.1, 0.15) is 0 Å². The smallest absolute Gasteiger partial charge is 0.270 e. The zero-order valence-electron chi connectivity index (χ0n) is 15.5. The Hall–Kier alpha value is -3.11. The number of hydrogen-bond acceptors (Lipinski definition) is 7. The number of amides is 1. The molecule has 0 spiro atoms. The molecule has 3 rings (SSSR count). The van der Waals surface area contributed by atoms with Crippen molar-refractivity contribution < 1.29 is 18.1 Å². The molecule has 1 amide bonds. The fourth-order valence-corrected chi connectivity index (χ4v) is 4.52. The number of non-ortho nitro benzene ring substituents is 1. The monoisotopic (exact) mass is 431 g/mol. The standard InChI is InChI=1S/C19H17N3O5S2/c1-12(2)29(26,27)17-9-4-3-8-15(17)18(23)21-19-20-16(11-28-19)13-6-5-7-14(10-13)22(24)25/h3-12H,1-2H3,(H,20,21,23). The molecule has 29 heavy (non-hydrogen) atoms. The van der Waals surface area contributed by atoms with Crippen LogP contribution in [0.3, 0.4) is 0 Å². The summed E-state index contributed by atoms with van der Waals surface area (Å²) in [5.41, 5.74) is 0.984. The van der Waals surface area contributed by atoms with Crippen molar-refractivity contribution in [3.63, 3.8) is 0 Å². The molecule has 0 fully saturated rings. The number of aromatic nitrogens is 1. The summed E-state index contributed by atoms with van der Waals surface area (Å²) in [5, 5.41) is 14.8. The van der Waals surface area contributed by atoms with Crippen molar-refractivity contribution in [3.8, 4) is 11.3 Å². The number of rotatable bonds is 6. The number of benzene rings is 2. The first-order chi connectivity index (χ1) is 13.7. The third-order valence-electron chi connectivity index (χ3n) is 4.14. The zero-order chi connectivity index (χ0) is 21.2. The normalized spacial score (nSPS) is 11.4. The van der Waals surface area contributed by atoms with Crippen LogP contribution >= 0.6 is 11.3 Å². The van der Waals surface area contributed by atoms with Gasteiger partial charge in [-0.3, -0.25) is 20.2 Å². The van der Waals surface area contributed by atoms with Crippen LogP contribution in [0, 0.1) is 10.1 Å². The minimum Gasteiger partial charge on any atom is -0.298 e. The third kappa shape index (κ3) is 4.33. The molecule has 3 aromatic rings. The van der Waals surface area contributed by atoms with Crippen molar-refractivity contribution in [2.45, 2.75) is 24.0 Å². The van der Waals surface area contributed by atoms with Gasteiger partial charge >= 0.3 is 0 Å². The summed E-state index contributed by atoms with van der Waals surface area (Å²) in [4.78, 5) is 27.4. The molecule has 1 N–H and O–H groups in total. The molecule has 0 saturated heterocycles. The average Bonchev–Trinajstić information content (AvgIpc) is 3.16. The molecule has 1 aromatic heterocycles. The molecule has 0 saturated carbocycles. The Morgan fingerprint density at radius 3 is 2.59 bits per heavy atom. The molecular formula is C19H17N3O5S2. The van der Waals surface area contributed by atoms with E-state index < -0.39 is 25.9 Å². The number of hydrogen-bond donors (Lipinski definition) is 1. The molecule has 0 atom stereocenters. The second-order valence-electron chi connectivity index (χ2n) is 6.39. The van der Waals surface area contributed by atoms with E-state index in [4.69, 9.17) is 0 Å². The molecular weight excluding hydrogens is 414 g/mol. The average molecular weight is 431 g/mol. The van der Waals surface area contributed by atoms with Crippen LogP contribution in [0.25, 0.3) is 11.3 Å². The minimum absolute atomic E-state index is 0.0355. The highest BCUT2D eigenvalue weighted by atomic mass is 32.2. The van der Waals surface area contributed by atoms with Gasteiger partial charge in [0.25, 0.3) is 11.6 Å². The largest absolute Gasteiger partial charge is 0.298 e. The number of anilines is 1. The van der Waals surface area contributed by atoms with Crippen molar-refractivity contribution in [2.24, 2.45) is 0 Å². The Bertz CT molecular complexity index is 1190. The van der Waals surface area contributed by atoms with Gasteiger partial charge in [0.2, 0.25) is 0 Å². The minimum atomic E-state index is -3.64. The Kier molecular flexibility index (Phi) is 5.76. The van der Waals surface area contributed by atoms with Gasteiger partial charge < -0.3 is 0 Å². The molecule has 0 aliphatic heterocycles. The molecule has 0 unspecified atom stereocenters. The molecule has 0 radical (unpaired) electrons. The van der Waals surface area contributed by atoms with Crippen LogP contribution in [0.1, 0.15) is 24.2 Å². The number of sulfone groups is 1. The van der Waals surface area contributed by atoms with Gasteiger partial charge in [0, 0.05) is 23.1 Å². The zero-order valence-corrected chi connectivity index (χ0v) is 17.2. The maximum absolute atomic E-state index is 12.7. The first kappa shape index (κ1) is 20.6. The summed E-state index contributed by atoms with van der Waals surface area (Å²) in [5.74, 6) is -0.593. The fourth-order valence-electron chi connectivity index (χ4n) is 2.56. The van der Waals surface area contributed by atoms with Crippen molar-refractivity contribution in [1.82, 2.24) is 4.98 Å². The maximum Gasteiger partial charge on any atom is 0.270 e. The van der Waals surface area contributed by atoms with E-state index in [1.54, 1.807) is 43.5 Å². The Labute approximate surface area is 171 Å². The molecule has 0 aliphatic carbocycles. The molecule has 0 aliphatic rings.